The average molecular weight is 493 g/mol. The summed E-state index contributed by atoms with van der Waals surface area (Å²) in [6.45, 7) is 1.08. The van der Waals surface area contributed by atoms with Crippen LogP contribution in [0.2, 0.25) is 5.02 Å². The van der Waals surface area contributed by atoms with E-state index in [9.17, 15) is 13.2 Å². The smallest absolute Gasteiger partial charge is 0.256 e. The number of nitrogens with zero attached hydrogens (tertiary/aromatic N) is 3. The Kier molecular flexibility index (Phi) is 6.03. The monoisotopic (exact) mass is 492 g/mol. The normalized spacial score (nSPS) is 14.4. The molecule has 5 rings (SSSR count). The molecule has 172 valence electrons. The van der Waals surface area contributed by atoms with Crippen LogP contribution in [0.15, 0.2) is 78.0 Å². The first-order chi connectivity index (χ1) is 16.4. The summed E-state index contributed by atoms with van der Waals surface area (Å²) < 4.78 is 27.0. The lowest BCUT2D eigenvalue weighted by molar-refractivity contribution is 0.102. The third-order valence-electron chi connectivity index (χ3n) is 5.79. The maximum Gasteiger partial charge on any atom is 0.256 e. The van der Waals surface area contributed by atoms with Gasteiger partial charge in [0.2, 0.25) is 10.0 Å². The first-order valence-corrected chi connectivity index (χ1v) is 12.7. The zero-order valence-corrected chi connectivity index (χ0v) is 19.7. The van der Waals surface area contributed by atoms with E-state index >= 15 is 0 Å². The fourth-order valence-corrected chi connectivity index (χ4v) is 5.72. The number of nitrogens with one attached hydrogen (secondary N) is 1. The van der Waals surface area contributed by atoms with Crippen molar-refractivity contribution in [1.29, 1.82) is 0 Å². The summed E-state index contributed by atoms with van der Waals surface area (Å²) in [6.07, 6.45) is 5.10. The quantitative estimate of drug-likeness (QED) is 0.424. The highest BCUT2D eigenvalue weighted by Crippen LogP contribution is 2.28. The molecule has 2 aromatic heterocycles. The molecule has 1 amide bonds. The highest BCUT2D eigenvalue weighted by atomic mass is 35.5. The fourth-order valence-electron chi connectivity index (χ4n) is 4.03. The Morgan fingerprint density at radius 3 is 2.47 bits per heavy atom. The van der Waals surface area contributed by atoms with Crippen LogP contribution >= 0.6 is 11.6 Å². The summed E-state index contributed by atoms with van der Waals surface area (Å²) in [5.41, 5.74) is 2.91. The Balaban J connectivity index is 1.47. The number of aromatic nitrogens is 2. The van der Waals surface area contributed by atoms with Gasteiger partial charge in [-0.2, -0.15) is 4.31 Å². The fraction of sp³-hybridized carbons (Fsp3) is 0.160. The summed E-state index contributed by atoms with van der Waals surface area (Å²) >= 11 is 6.20. The molecule has 3 heterocycles. The van der Waals surface area contributed by atoms with Crippen molar-refractivity contribution in [2.24, 2.45) is 0 Å². The summed E-state index contributed by atoms with van der Waals surface area (Å²) in [4.78, 5) is 22.3. The third-order valence-corrected chi connectivity index (χ3v) is 7.94. The molecule has 0 unspecified atom stereocenters. The van der Waals surface area contributed by atoms with Gasteiger partial charge in [0.15, 0.2) is 0 Å². The SMILES string of the molecule is O=C(Nc1ccc(S(=O)(=O)N2CCCC2)cc1)c1cc(-c2cccnc2)nc2ccc(Cl)cc12. The number of fused-ring (bicyclic) bond motifs is 1. The Bertz CT molecular complexity index is 1470. The van der Waals surface area contributed by atoms with Crippen LogP contribution in [0, 0.1) is 0 Å². The highest BCUT2D eigenvalue weighted by Gasteiger charge is 2.27. The van der Waals surface area contributed by atoms with Crippen LogP contribution in [0.5, 0.6) is 0 Å². The van der Waals surface area contributed by atoms with Crippen molar-refractivity contribution < 1.29 is 13.2 Å². The Labute approximate surface area is 202 Å². The largest absolute Gasteiger partial charge is 0.322 e. The highest BCUT2D eigenvalue weighted by molar-refractivity contribution is 7.89. The van der Waals surface area contributed by atoms with Crippen LogP contribution in [-0.4, -0.2) is 41.7 Å². The number of halogens is 1. The lowest BCUT2D eigenvalue weighted by Gasteiger charge is -2.16. The molecule has 4 aromatic rings. The number of amides is 1. The summed E-state index contributed by atoms with van der Waals surface area (Å²) in [5.74, 6) is -0.352. The molecule has 0 radical (unpaired) electrons. The van der Waals surface area contributed by atoms with Crippen LogP contribution in [0.4, 0.5) is 5.69 Å². The van der Waals surface area contributed by atoms with Crippen molar-refractivity contribution >= 4 is 44.1 Å². The maximum absolute atomic E-state index is 13.3. The van der Waals surface area contributed by atoms with Gasteiger partial charge in [0.05, 0.1) is 21.7 Å². The molecule has 1 aliphatic rings. The molecule has 0 atom stereocenters. The second-order valence-corrected chi connectivity index (χ2v) is 10.4. The Hall–Kier alpha value is -3.33. The molecule has 1 aliphatic heterocycles. The third kappa shape index (κ3) is 4.40. The molecule has 2 aromatic carbocycles. The molecule has 1 saturated heterocycles. The van der Waals surface area contributed by atoms with Gasteiger partial charge >= 0.3 is 0 Å². The van der Waals surface area contributed by atoms with Crippen molar-refractivity contribution in [2.45, 2.75) is 17.7 Å². The summed E-state index contributed by atoms with van der Waals surface area (Å²) in [7, 11) is -3.51. The summed E-state index contributed by atoms with van der Waals surface area (Å²) in [6, 6.07) is 16.8. The number of pyridine rings is 2. The number of hydrogen-bond donors (Lipinski definition) is 1. The van der Waals surface area contributed by atoms with E-state index in [4.69, 9.17) is 11.6 Å². The number of sulfonamides is 1. The van der Waals surface area contributed by atoms with E-state index in [-0.39, 0.29) is 10.8 Å². The van der Waals surface area contributed by atoms with Gasteiger partial charge in [0.25, 0.3) is 5.91 Å². The zero-order valence-electron chi connectivity index (χ0n) is 18.1. The number of carbonyl (C=O) groups is 1. The van der Waals surface area contributed by atoms with Gasteiger partial charge in [-0.05, 0) is 73.5 Å². The molecular weight excluding hydrogens is 472 g/mol. The summed E-state index contributed by atoms with van der Waals surface area (Å²) in [5, 5.41) is 3.97. The predicted octanol–water partition coefficient (Wildman–Crippen LogP) is 4.99. The first kappa shape index (κ1) is 22.5. The van der Waals surface area contributed by atoms with Gasteiger partial charge in [-0.15, -0.1) is 0 Å². The van der Waals surface area contributed by atoms with Gasteiger partial charge in [-0.3, -0.25) is 9.78 Å². The van der Waals surface area contributed by atoms with Gasteiger partial charge in [-0.1, -0.05) is 11.6 Å². The lowest BCUT2D eigenvalue weighted by atomic mass is 10.0. The molecular formula is C25H21ClN4O3S. The van der Waals surface area contributed by atoms with Crippen LogP contribution in [0.25, 0.3) is 22.2 Å². The standard InChI is InChI=1S/C25H21ClN4O3S/c26-18-5-10-23-21(14-18)22(15-24(29-23)17-4-3-11-27-16-17)25(31)28-19-6-8-20(9-7-19)34(32,33)30-12-1-2-13-30/h3-11,14-16H,1-2,12-13H2,(H,28,31). The van der Waals surface area contributed by atoms with Crippen LogP contribution < -0.4 is 5.32 Å². The molecule has 7 nitrogen and oxygen atoms in total. The van der Waals surface area contributed by atoms with E-state index in [0.717, 1.165) is 18.4 Å². The molecule has 0 saturated carbocycles. The molecule has 34 heavy (non-hydrogen) atoms. The maximum atomic E-state index is 13.3. The van der Waals surface area contributed by atoms with Gasteiger partial charge < -0.3 is 5.32 Å². The number of hydrogen-bond acceptors (Lipinski definition) is 5. The molecule has 0 aliphatic carbocycles. The zero-order chi connectivity index (χ0) is 23.7. The number of benzene rings is 2. The van der Waals surface area contributed by atoms with Crippen molar-refractivity contribution in [2.75, 3.05) is 18.4 Å². The van der Waals surface area contributed by atoms with Crippen molar-refractivity contribution in [3.63, 3.8) is 0 Å². The van der Waals surface area contributed by atoms with E-state index in [0.29, 0.717) is 46.0 Å². The lowest BCUT2D eigenvalue weighted by Crippen LogP contribution is -2.27. The minimum absolute atomic E-state index is 0.215. The average Bonchev–Trinajstić information content (AvgIpc) is 3.40. The second kappa shape index (κ2) is 9.13. The minimum Gasteiger partial charge on any atom is -0.322 e. The van der Waals surface area contributed by atoms with Crippen molar-refractivity contribution in [1.82, 2.24) is 14.3 Å². The van der Waals surface area contributed by atoms with E-state index in [2.05, 4.69) is 15.3 Å². The molecule has 1 fully saturated rings. The number of carbonyl (C=O) groups excluding carboxylic acids is 1. The Morgan fingerprint density at radius 2 is 1.76 bits per heavy atom. The van der Waals surface area contributed by atoms with Crippen LogP contribution in [-0.2, 0) is 10.0 Å². The number of rotatable bonds is 5. The van der Waals surface area contributed by atoms with Gasteiger partial charge in [-0.25, -0.2) is 13.4 Å². The Morgan fingerprint density at radius 1 is 1.00 bits per heavy atom. The molecule has 0 bridgehead atoms. The van der Waals surface area contributed by atoms with E-state index < -0.39 is 10.0 Å². The van der Waals surface area contributed by atoms with Gasteiger partial charge in [0.1, 0.15) is 0 Å². The number of anilines is 1. The topological polar surface area (TPSA) is 92.3 Å². The van der Waals surface area contributed by atoms with Crippen LogP contribution in [0.1, 0.15) is 23.2 Å². The predicted molar refractivity (Wildman–Crippen MR) is 132 cm³/mol. The van der Waals surface area contributed by atoms with Crippen LogP contribution in [0.3, 0.4) is 0 Å². The van der Waals surface area contributed by atoms with Gasteiger partial charge in [0, 0.05) is 47.1 Å². The molecule has 1 N–H and O–H groups in total. The first-order valence-electron chi connectivity index (χ1n) is 10.8. The van der Waals surface area contributed by atoms with Crippen molar-refractivity contribution in [3.8, 4) is 11.3 Å². The minimum atomic E-state index is -3.51. The van der Waals surface area contributed by atoms with Crippen molar-refractivity contribution in [3.05, 3.63) is 83.6 Å². The molecule has 9 heteroatoms. The van der Waals surface area contributed by atoms with E-state index in [1.807, 2.05) is 6.07 Å². The van der Waals surface area contributed by atoms with E-state index in [1.165, 1.54) is 16.4 Å². The second-order valence-electron chi connectivity index (χ2n) is 8.05. The van der Waals surface area contributed by atoms with E-state index in [1.54, 1.807) is 54.9 Å². The molecule has 0 spiro atoms.